The second kappa shape index (κ2) is 7.49. The van der Waals surface area contributed by atoms with Gasteiger partial charge < -0.3 is 10.1 Å². The van der Waals surface area contributed by atoms with Gasteiger partial charge >= 0.3 is 12.0 Å². The number of rotatable bonds is 6. The first kappa shape index (κ1) is 20.6. The molecule has 1 heterocycles. The molecule has 0 saturated carbocycles. The van der Waals surface area contributed by atoms with E-state index in [2.05, 4.69) is 10.1 Å². The highest BCUT2D eigenvalue weighted by molar-refractivity contribution is 6.08. The summed E-state index contributed by atoms with van der Waals surface area (Å²) in [6, 6.07) is -0.850. The van der Waals surface area contributed by atoms with Gasteiger partial charge in [0.15, 0.2) is 23.3 Å². The van der Waals surface area contributed by atoms with E-state index in [0.717, 1.165) is 0 Å². The number of nitrogens with zero attached hydrogens (tertiary/aromatic N) is 1. The van der Waals surface area contributed by atoms with Crippen LogP contribution in [0.15, 0.2) is 0 Å². The second-order valence-corrected chi connectivity index (χ2v) is 5.82. The van der Waals surface area contributed by atoms with Crippen LogP contribution in [0.5, 0.6) is 0 Å². The maximum atomic E-state index is 13.5. The Hall–Kier alpha value is -2.72. The molecule has 1 aliphatic rings. The lowest BCUT2D eigenvalue weighted by atomic mass is 9.93. The van der Waals surface area contributed by atoms with E-state index in [1.807, 2.05) is 0 Å². The number of amides is 3. The normalized spacial score (nSPS) is 15.9. The van der Waals surface area contributed by atoms with Crippen LogP contribution in [0.25, 0.3) is 0 Å². The number of urea groups is 1. The van der Waals surface area contributed by atoms with E-state index in [9.17, 15) is 36.3 Å². The number of nitrogens with one attached hydrogen (secondary N) is 1. The van der Waals surface area contributed by atoms with Crippen molar-refractivity contribution in [3.8, 4) is 0 Å². The van der Waals surface area contributed by atoms with Gasteiger partial charge in [0.2, 0.25) is 5.82 Å². The molecular weight excluding hydrogens is 379 g/mol. The topological polar surface area (TPSA) is 75.7 Å². The van der Waals surface area contributed by atoms with E-state index in [1.165, 1.54) is 0 Å². The average molecular weight is 394 g/mol. The molecule has 6 nitrogen and oxygen atoms in total. The van der Waals surface area contributed by atoms with Crippen LogP contribution in [0.3, 0.4) is 0 Å². The molecule has 0 spiro atoms. The quantitative estimate of drug-likeness (QED) is 0.265. The minimum Gasteiger partial charge on any atom is -0.459 e. The molecule has 148 valence electrons. The molecule has 0 unspecified atom stereocenters. The summed E-state index contributed by atoms with van der Waals surface area (Å²) < 4.78 is 70.7. The summed E-state index contributed by atoms with van der Waals surface area (Å²) in [7, 11) is 0. The Morgan fingerprint density at radius 2 is 1.44 bits per heavy atom. The molecule has 1 N–H and O–H groups in total. The number of carbonyl (C=O) groups is 3. The maximum Gasteiger partial charge on any atom is 0.326 e. The van der Waals surface area contributed by atoms with Crippen molar-refractivity contribution in [2.45, 2.75) is 38.8 Å². The molecule has 1 saturated heterocycles. The molecule has 0 radical (unpaired) electrons. The fraction of sp³-hybridized carbons (Fsp3) is 0.438. The summed E-state index contributed by atoms with van der Waals surface area (Å²) in [4.78, 5) is 36.6. The highest BCUT2D eigenvalue weighted by atomic mass is 19.2. The van der Waals surface area contributed by atoms with Crippen molar-refractivity contribution < 1.29 is 41.1 Å². The van der Waals surface area contributed by atoms with Crippen molar-refractivity contribution in [2.24, 2.45) is 0 Å². The predicted molar refractivity (Wildman–Crippen MR) is 79.6 cm³/mol. The van der Waals surface area contributed by atoms with E-state index in [0.29, 0.717) is 4.90 Å². The number of ether oxygens (including phenoxy) is 1. The molecular formula is C16H15F5N2O4. The van der Waals surface area contributed by atoms with E-state index in [1.54, 1.807) is 13.8 Å². The first-order chi connectivity index (χ1) is 12.6. The van der Waals surface area contributed by atoms with Crippen LogP contribution in [-0.2, 0) is 20.9 Å². The monoisotopic (exact) mass is 394 g/mol. The summed E-state index contributed by atoms with van der Waals surface area (Å²) in [6.07, 6.45) is 0.536. The molecule has 3 amide bonds. The van der Waals surface area contributed by atoms with Crippen molar-refractivity contribution in [1.29, 1.82) is 0 Å². The largest absolute Gasteiger partial charge is 0.459 e. The van der Waals surface area contributed by atoms with E-state index >= 15 is 0 Å². The molecule has 1 aliphatic heterocycles. The van der Waals surface area contributed by atoms with E-state index < -0.39 is 71.2 Å². The fourth-order valence-corrected chi connectivity index (χ4v) is 2.65. The molecule has 0 aliphatic carbocycles. The molecule has 1 aromatic carbocycles. The number of carbonyl (C=O) groups excluding carboxylic acids is 3. The standard InChI is InChI=1S/C16H15F5N2O4/c1-3-16(4-2)14(25)23(15(26)22-16)5-8(24)27-6-7-9(17)11(19)13(21)12(20)10(7)18/h3-6H2,1-2H3,(H,22,26). The van der Waals surface area contributed by atoms with E-state index in [-0.39, 0.29) is 12.8 Å². The second-order valence-electron chi connectivity index (χ2n) is 5.82. The third-order valence-electron chi connectivity index (χ3n) is 4.42. The van der Waals surface area contributed by atoms with Crippen LogP contribution in [-0.4, -0.2) is 34.9 Å². The van der Waals surface area contributed by atoms with Gasteiger partial charge in [0.1, 0.15) is 18.7 Å². The lowest BCUT2D eigenvalue weighted by Crippen LogP contribution is -2.46. The van der Waals surface area contributed by atoms with Crippen LogP contribution in [0.4, 0.5) is 26.7 Å². The molecule has 27 heavy (non-hydrogen) atoms. The number of benzene rings is 1. The molecule has 0 aromatic heterocycles. The number of esters is 1. The van der Waals surface area contributed by atoms with Crippen LogP contribution < -0.4 is 5.32 Å². The Labute approximate surface area is 150 Å². The van der Waals surface area contributed by atoms with Gasteiger partial charge in [0, 0.05) is 0 Å². The summed E-state index contributed by atoms with van der Waals surface area (Å²) in [5, 5.41) is 2.45. The Morgan fingerprint density at radius 3 is 1.89 bits per heavy atom. The maximum absolute atomic E-state index is 13.5. The zero-order valence-electron chi connectivity index (χ0n) is 14.3. The smallest absolute Gasteiger partial charge is 0.326 e. The third-order valence-corrected chi connectivity index (χ3v) is 4.42. The summed E-state index contributed by atoms with van der Waals surface area (Å²) in [5.74, 6) is -12.9. The highest BCUT2D eigenvalue weighted by Gasteiger charge is 2.49. The number of imide groups is 1. The number of hydrogen-bond donors (Lipinski definition) is 1. The molecule has 1 fully saturated rings. The predicted octanol–water partition coefficient (Wildman–Crippen LogP) is 2.54. The SMILES string of the molecule is CCC1(CC)NC(=O)N(CC(=O)OCc2c(F)c(F)c(F)c(F)c2F)C1=O. The molecule has 2 rings (SSSR count). The van der Waals surface area contributed by atoms with Gasteiger partial charge in [-0.05, 0) is 12.8 Å². The molecule has 0 bridgehead atoms. The number of halogens is 5. The Balaban J connectivity index is 2.10. The highest BCUT2D eigenvalue weighted by Crippen LogP contribution is 2.26. The minimum absolute atomic E-state index is 0.268. The first-order valence-electron chi connectivity index (χ1n) is 7.89. The first-order valence-corrected chi connectivity index (χ1v) is 7.89. The van der Waals surface area contributed by atoms with Crippen molar-refractivity contribution >= 4 is 17.9 Å². The van der Waals surface area contributed by atoms with Crippen molar-refractivity contribution in [1.82, 2.24) is 10.2 Å². The van der Waals surface area contributed by atoms with Crippen LogP contribution >= 0.6 is 0 Å². The zero-order chi connectivity index (χ0) is 20.5. The van der Waals surface area contributed by atoms with Crippen molar-refractivity contribution in [3.05, 3.63) is 34.6 Å². The summed E-state index contributed by atoms with van der Waals surface area (Å²) in [5.41, 5.74) is -2.51. The fourth-order valence-electron chi connectivity index (χ4n) is 2.65. The lowest BCUT2D eigenvalue weighted by Gasteiger charge is -2.22. The van der Waals surface area contributed by atoms with Crippen LogP contribution in [0, 0.1) is 29.1 Å². The molecule has 1 aromatic rings. The van der Waals surface area contributed by atoms with Crippen LogP contribution in [0.2, 0.25) is 0 Å². The Morgan fingerprint density at radius 1 is 0.963 bits per heavy atom. The van der Waals surface area contributed by atoms with E-state index in [4.69, 9.17) is 0 Å². The Kier molecular flexibility index (Phi) is 5.71. The van der Waals surface area contributed by atoms with Gasteiger partial charge in [-0.15, -0.1) is 0 Å². The molecule has 11 heteroatoms. The van der Waals surface area contributed by atoms with Gasteiger partial charge in [-0.1, -0.05) is 13.8 Å². The summed E-state index contributed by atoms with van der Waals surface area (Å²) >= 11 is 0. The van der Waals surface area contributed by atoms with Gasteiger partial charge in [0.25, 0.3) is 5.91 Å². The molecule has 0 atom stereocenters. The van der Waals surface area contributed by atoms with Crippen molar-refractivity contribution in [2.75, 3.05) is 6.54 Å². The van der Waals surface area contributed by atoms with Gasteiger partial charge in [-0.3, -0.25) is 14.5 Å². The van der Waals surface area contributed by atoms with Crippen molar-refractivity contribution in [3.63, 3.8) is 0 Å². The lowest BCUT2D eigenvalue weighted by molar-refractivity contribution is -0.149. The minimum atomic E-state index is -2.34. The van der Waals surface area contributed by atoms with Gasteiger partial charge in [-0.25, -0.2) is 26.7 Å². The van der Waals surface area contributed by atoms with Crippen LogP contribution in [0.1, 0.15) is 32.3 Å². The zero-order valence-corrected chi connectivity index (χ0v) is 14.3. The average Bonchev–Trinajstić information content (AvgIpc) is 2.89. The van der Waals surface area contributed by atoms with Gasteiger partial charge in [0.05, 0.1) is 5.56 Å². The van der Waals surface area contributed by atoms with Gasteiger partial charge in [-0.2, -0.15) is 0 Å². The third kappa shape index (κ3) is 3.45. The Bertz CT molecular complexity index is 781. The summed E-state index contributed by atoms with van der Waals surface area (Å²) in [6.45, 7) is 1.18. The number of hydrogen-bond acceptors (Lipinski definition) is 4.